The van der Waals surface area contributed by atoms with Gasteiger partial charge in [-0.1, -0.05) is 11.6 Å². The van der Waals surface area contributed by atoms with E-state index in [-0.39, 0.29) is 17.2 Å². The van der Waals surface area contributed by atoms with Crippen molar-refractivity contribution in [2.75, 3.05) is 0 Å². The summed E-state index contributed by atoms with van der Waals surface area (Å²) in [6, 6.07) is 0. The zero-order valence-electron chi connectivity index (χ0n) is 16.1. The third-order valence-corrected chi connectivity index (χ3v) is 7.62. The largest absolute Gasteiger partial charge is 0.340 e. The van der Waals surface area contributed by atoms with Crippen molar-refractivity contribution in [2.45, 2.75) is 32.2 Å². The van der Waals surface area contributed by atoms with Crippen molar-refractivity contribution in [1.29, 1.82) is 0 Å². The Morgan fingerprint density at radius 3 is 2.59 bits per heavy atom. The minimum Gasteiger partial charge on any atom is -0.340 e. The zero-order valence-corrected chi connectivity index (χ0v) is 18.5. The van der Waals surface area contributed by atoms with Gasteiger partial charge in [-0.2, -0.15) is 0 Å². The Bertz CT molecular complexity index is 1390. The maximum absolute atomic E-state index is 13.2. The van der Waals surface area contributed by atoms with E-state index in [4.69, 9.17) is 11.6 Å². The minimum absolute atomic E-state index is 0.0186. The van der Waals surface area contributed by atoms with E-state index in [2.05, 4.69) is 14.5 Å². The summed E-state index contributed by atoms with van der Waals surface area (Å²) in [7, 11) is 3.25. The number of fused-ring (bicyclic) bond motifs is 3. The molecule has 4 aromatic rings. The summed E-state index contributed by atoms with van der Waals surface area (Å²) in [5.41, 5.74) is 2.57. The van der Waals surface area contributed by atoms with Crippen LogP contribution in [-0.2, 0) is 20.6 Å². The van der Waals surface area contributed by atoms with Crippen LogP contribution in [0.5, 0.6) is 0 Å². The van der Waals surface area contributed by atoms with Crippen molar-refractivity contribution in [3.05, 3.63) is 52.5 Å². The summed E-state index contributed by atoms with van der Waals surface area (Å²) in [6.45, 7) is 2.72. The molecule has 1 aliphatic rings. The molecule has 4 aromatic heterocycles. The molecular formula is C19H18ClN5O2S2. The molecule has 0 amide bonds. The monoisotopic (exact) mass is 447 g/mol. The quantitative estimate of drug-likeness (QED) is 0.471. The van der Waals surface area contributed by atoms with Crippen LogP contribution >= 0.6 is 34.3 Å². The Hall–Kier alpha value is -2.23. The topological polar surface area (TPSA) is 74.7 Å². The van der Waals surface area contributed by atoms with E-state index in [1.807, 2.05) is 17.7 Å². The van der Waals surface area contributed by atoms with Crippen LogP contribution in [0.4, 0.5) is 0 Å². The van der Waals surface area contributed by atoms with Crippen molar-refractivity contribution < 1.29 is 0 Å². The first kappa shape index (κ1) is 18.8. The smallest absolute Gasteiger partial charge is 0.331 e. The highest BCUT2D eigenvalue weighted by molar-refractivity contribution is 7.10. The normalized spacial score (nSPS) is 16.5. The summed E-state index contributed by atoms with van der Waals surface area (Å²) < 4.78 is 4.93. The van der Waals surface area contributed by atoms with Crippen LogP contribution < -0.4 is 11.2 Å². The van der Waals surface area contributed by atoms with Crippen molar-refractivity contribution in [3.63, 3.8) is 0 Å². The van der Waals surface area contributed by atoms with Crippen LogP contribution in [0.15, 0.2) is 20.3 Å². The van der Waals surface area contributed by atoms with Gasteiger partial charge in [0.25, 0.3) is 5.56 Å². The molecule has 29 heavy (non-hydrogen) atoms. The molecule has 0 saturated heterocycles. The second-order valence-corrected chi connectivity index (χ2v) is 9.61. The van der Waals surface area contributed by atoms with Crippen LogP contribution in [0.25, 0.3) is 22.3 Å². The van der Waals surface area contributed by atoms with E-state index in [1.165, 1.54) is 23.0 Å². The van der Waals surface area contributed by atoms with E-state index in [0.717, 1.165) is 46.5 Å². The molecule has 0 N–H and O–H groups in total. The first-order valence-electron chi connectivity index (χ1n) is 9.24. The molecule has 0 fully saturated rings. The number of hydrogen-bond donors (Lipinski definition) is 0. The standard InChI is InChI=1S/C19H18ClN5O2S2/c1-9-21-11(7-28-9)15-13-16(23(2)19(27)24(3)18(13)26)14-10(5-4-6-25(14)15)17-22-12(20)8-29-17/h7-8,10H,4-6H2,1-3H3/t10-/m0/s1. The number of aromatic nitrogens is 5. The third kappa shape index (κ3) is 2.68. The summed E-state index contributed by atoms with van der Waals surface area (Å²) in [4.78, 5) is 35.2. The Labute approximate surface area is 178 Å². The molecular weight excluding hydrogens is 430 g/mol. The van der Waals surface area contributed by atoms with Gasteiger partial charge in [0, 0.05) is 31.4 Å². The highest BCUT2D eigenvalue weighted by Gasteiger charge is 2.34. The lowest BCUT2D eigenvalue weighted by Crippen LogP contribution is -2.37. The van der Waals surface area contributed by atoms with Crippen LogP contribution in [0.1, 0.15) is 34.5 Å². The summed E-state index contributed by atoms with van der Waals surface area (Å²) in [5.74, 6) is -0.0186. The van der Waals surface area contributed by atoms with Gasteiger partial charge in [-0.25, -0.2) is 14.8 Å². The SMILES string of the molecule is Cc1nc(-c2c3c(=O)n(C)c(=O)n(C)c3c3n2CCC[C@@H]3c2nc(Cl)cs2)cs1. The fraction of sp³-hybridized carbons (Fsp3) is 0.368. The van der Waals surface area contributed by atoms with Gasteiger partial charge in [0.1, 0.15) is 10.2 Å². The van der Waals surface area contributed by atoms with Gasteiger partial charge in [0.2, 0.25) is 0 Å². The number of nitrogens with zero attached hydrogens (tertiary/aromatic N) is 5. The van der Waals surface area contributed by atoms with Gasteiger partial charge < -0.3 is 4.57 Å². The summed E-state index contributed by atoms with van der Waals surface area (Å²) in [5, 5.41) is 6.66. The van der Waals surface area contributed by atoms with Gasteiger partial charge >= 0.3 is 5.69 Å². The second-order valence-electron chi connectivity index (χ2n) is 7.27. The van der Waals surface area contributed by atoms with Gasteiger partial charge in [-0.3, -0.25) is 13.9 Å². The molecule has 0 spiro atoms. The maximum atomic E-state index is 13.2. The number of rotatable bonds is 2. The van der Waals surface area contributed by atoms with Crippen LogP contribution in [0, 0.1) is 6.92 Å². The highest BCUT2D eigenvalue weighted by Crippen LogP contribution is 2.43. The van der Waals surface area contributed by atoms with Gasteiger partial charge in [0.15, 0.2) is 0 Å². The lowest BCUT2D eigenvalue weighted by molar-refractivity contribution is 0.495. The molecule has 10 heteroatoms. The molecule has 7 nitrogen and oxygen atoms in total. The Balaban J connectivity index is 1.96. The van der Waals surface area contributed by atoms with Crippen molar-refractivity contribution >= 4 is 45.2 Å². The number of halogens is 1. The predicted octanol–water partition coefficient (Wildman–Crippen LogP) is 3.51. The molecule has 5 rings (SSSR count). The number of hydrogen-bond acceptors (Lipinski definition) is 6. The van der Waals surface area contributed by atoms with Gasteiger partial charge in [-0.05, 0) is 19.8 Å². The highest BCUT2D eigenvalue weighted by atomic mass is 35.5. The first-order valence-corrected chi connectivity index (χ1v) is 11.4. The predicted molar refractivity (Wildman–Crippen MR) is 116 cm³/mol. The lowest BCUT2D eigenvalue weighted by Gasteiger charge is -2.25. The molecule has 0 radical (unpaired) electrons. The molecule has 1 atom stereocenters. The van der Waals surface area contributed by atoms with E-state index >= 15 is 0 Å². The van der Waals surface area contributed by atoms with Crippen molar-refractivity contribution in [3.8, 4) is 11.4 Å². The molecule has 0 bridgehead atoms. The second kappa shape index (κ2) is 6.65. The van der Waals surface area contributed by atoms with Crippen LogP contribution in [0.2, 0.25) is 5.15 Å². The first-order chi connectivity index (χ1) is 13.9. The van der Waals surface area contributed by atoms with E-state index in [9.17, 15) is 9.59 Å². The van der Waals surface area contributed by atoms with Crippen molar-refractivity contribution in [2.24, 2.45) is 14.1 Å². The molecule has 1 aliphatic heterocycles. The molecule has 5 heterocycles. The molecule has 0 aromatic carbocycles. The Morgan fingerprint density at radius 1 is 1.14 bits per heavy atom. The minimum atomic E-state index is -0.335. The van der Waals surface area contributed by atoms with Crippen LogP contribution in [-0.4, -0.2) is 23.7 Å². The van der Waals surface area contributed by atoms with E-state index in [0.29, 0.717) is 16.1 Å². The molecule has 0 unspecified atom stereocenters. The zero-order chi connectivity index (χ0) is 20.4. The van der Waals surface area contributed by atoms with Crippen LogP contribution in [0.3, 0.4) is 0 Å². The van der Waals surface area contributed by atoms with E-state index < -0.39 is 0 Å². The summed E-state index contributed by atoms with van der Waals surface area (Å²) in [6.07, 6.45) is 1.84. The van der Waals surface area contributed by atoms with Gasteiger partial charge in [-0.15, -0.1) is 22.7 Å². The molecule has 0 saturated carbocycles. The fourth-order valence-electron chi connectivity index (χ4n) is 4.32. The summed E-state index contributed by atoms with van der Waals surface area (Å²) >= 11 is 9.17. The Kier molecular flexibility index (Phi) is 4.30. The fourth-order valence-corrected chi connectivity index (χ4v) is 6.01. The lowest BCUT2D eigenvalue weighted by atomic mass is 9.96. The average molecular weight is 448 g/mol. The van der Waals surface area contributed by atoms with Crippen molar-refractivity contribution in [1.82, 2.24) is 23.7 Å². The average Bonchev–Trinajstić information content (AvgIpc) is 3.41. The van der Waals surface area contributed by atoms with Gasteiger partial charge in [0.05, 0.1) is 38.9 Å². The molecule has 150 valence electrons. The number of thiazole rings is 2. The van der Waals surface area contributed by atoms with E-state index in [1.54, 1.807) is 23.0 Å². The number of aryl methyl sites for hydroxylation is 2. The third-order valence-electron chi connectivity index (χ3n) is 5.56. The molecule has 0 aliphatic carbocycles. The maximum Gasteiger partial charge on any atom is 0.331 e. The Morgan fingerprint density at radius 2 is 1.93 bits per heavy atom.